The van der Waals surface area contributed by atoms with Crippen LogP contribution in [0.4, 0.5) is 0 Å². The zero-order valence-electron chi connectivity index (χ0n) is 8.81. The molecule has 2 heteroatoms. The molecular formula is C11H18N2. The van der Waals surface area contributed by atoms with Crippen LogP contribution < -0.4 is 11.3 Å². The van der Waals surface area contributed by atoms with Crippen molar-refractivity contribution >= 4 is 0 Å². The number of benzene rings is 1. The van der Waals surface area contributed by atoms with Gasteiger partial charge in [0.05, 0.1) is 0 Å². The van der Waals surface area contributed by atoms with Crippen LogP contribution in [0.5, 0.6) is 0 Å². The number of aryl methyl sites for hydroxylation is 3. The normalized spacial score (nSPS) is 13.0. The summed E-state index contributed by atoms with van der Waals surface area (Å²) in [7, 11) is 0. The Bertz CT molecular complexity index is 305. The van der Waals surface area contributed by atoms with E-state index in [4.69, 9.17) is 5.84 Å². The standard InChI is InChI=1S/C11H18N2/c1-7-5-9(3)11(6-8(7)2)10(4)13-12/h5-6,10,13H,12H2,1-4H3/t10-/m0/s1. The van der Waals surface area contributed by atoms with Gasteiger partial charge in [0, 0.05) is 6.04 Å². The third-order valence-electron chi connectivity index (χ3n) is 2.60. The smallest absolute Gasteiger partial charge is 0.0434 e. The van der Waals surface area contributed by atoms with Gasteiger partial charge in [-0.05, 0) is 49.9 Å². The van der Waals surface area contributed by atoms with Gasteiger partial charge in [-0.1, -0.05) is 12.1 Å². The van der Waals surface area contributed by atoms with E-state index in [9.17, 15) is 0 Å². The van der Waals surface area contributed by atoms with Gasteiger partial charge in [-0.25, -0.2) is 0 Å². The van der Waals surface area contributed by atoms with Crippen molar-refractivity contribution in [1.82, 2.24) is 5.43 Å². The predicted molar refractivity (Wildman–Crippen MR) is 56.4 cm³/mol. The number of nitrogens with one attached hydrogen (secondary N) is 1. The molecule has 0 spiro atoms. The first-order valence-corrected chi connectivity index (χ1v) is 4.60. The number of nitrogens with two attached hydrogens (primary N) is 1. The van der Waals surface area contributed by atoms with Crippen LogP contribution in [-0.2, 0) is 0 Å². The van der Waals surface area contributed by atoms with Crippen LogP contribution in [-0.4, -0.2) is 0 Å². The Hall–Kier alpha value is -0.860. The Morgan fingerprint density at radius 1 is 1.08 bits per heavy atom. The van der Waals surface area contributed by atoms with E-state index in [1.54, 1.807) is 0 Å². The van der Waals surface area contributed by atoms with Gasteiger partial charge in [0.2, 0.25) is 0 Å². The van der Waals surface area contributed by atoms with Gasteiger partial charge in [0.1, 0.15) is 0 Å². The van der Waals surface area contributed by atoms with E-state index in [2.05, 4.69) is 45.3 Å². The highest BCUT2D eigenvalue weighted by Gasteiger charge is 2.07. The van der Waals surface area contributed by atoms with Gasteiger partial charge in [-0.2, -0.15) is 0 Å². The quantitative estimate of drug-likeness (QED) is 0.538. The molecule has 0 aliphatic heterocycles. The number of hydrogen-bond donors (Lipinski definition) is 2. The molecule has 72 valence electrons. The second kappa shape index (κ2) is 3.90. The van der Waals surface area contributed by atoms with E-state index in [1.807, 2.05) is 0 Å². The first-order valence-electron chi connectivity index (χ1n) is 4.60. The van der Waals surface area contributed by atoms with Crippen molar-refractivity contribution in [2.24, 2.45) is 5.84 Å². The van der Waals surface area contributed by atoms with Crippen molar-refractivity contribution in [2.75, 3.05) is 0 Å². The fourth-order valence-corrected chi connectivity index (χ4v) is 1.54. The summed E-state index contributed by atoms with van der Waals surface area (Å²) in [6.07, 6.45) is 0. The second-order valence-electron chi connectivity index (χ2n) is 3.68. The average Bonchev–Trinajstić information content (AvgIpc) is 2.10. The van der Waals surface area contributed by atoms with Crippen molar-refractivity contribution < 1.29 is 0 Å². The second-order valence-corrected chi connectivity index (χ2v) is 3.68. The Morgan fingerprint density at radius 3 is 2.15 bits per heavy atom. The van der Waals surface area contributed by atoms with Crippen LogP contribution in [0.15, 0.2) is 12.1 Å². The Morgan fingerprint density at radius 2 is 1.62 bits per heavy atom. The molecule has 0 bridgehead atoms. The van der Waals surface area contributed by atoms with Crippen molar-refractivity contribution in [3.8, 4) is 0 Å². The van der Waals surface area contributed by atoms with E-state index < -0.39 is 0 Å². The lowest BCUT2D eigenvalue weighted by atomic mass is 9.97. The minimum absolute atomic E-state index is 0.222. The van der Waals surface area contributed by atoms with Crippen molar-refractivity contribution in [3.05, 3.63) is 34.4 Å². The summed E-state index contributed by atoms with van der Waals surface area (Å²) < 4.78 is 0. The molecule has 0 saturated heterocycles. The zero-order chi connectivity index (χ0) is 10.0. The fourth-order valence-electron chi connectivity index (χ4n) is 1.54. The minimum Gasteiger partial charge on any atom is -0.271 e. The van der Waals surface area contributed by atoms with Gasteiger partial charge in [-0.3, -0.25) is 11.3 Å². The lowest BCUT2D eigenvalue weighted by Crippen LogP contribution is -2.26. The van der Waals surface area contributed by atoms with Crippen molar-refractivity contribution in [3.63, 3.8) is 0 Å². The molecule has 3 N–H and O–H groups in total. The summed E-state index contributed by atoms with van der Waals surface area (Å²) in [6.45, 7) is 8.45. The highest BCUT2D eigenvalue weighted by molar-refractivity contribution is 5.37. The average molecular weight is 178 g/mol. The number of rotatable bonds is 2. The van der Waals surface area contributed by atoms with Crippen LogP contribution in [0.3, 0.4) is 0 Å². The monoisotopic (exact) mass is 178 g/mol. The topological polar surface area (TPSA) is 38.0 Å². The molecule has 0 aliphatic carbocycles. The van der Waals surface area contributed by atoms with Crippen LogP contribution in [0, 0.1) is 20.8 Å². The number of hydrazine groups is 1. The first-order chi connectivity index (χ1) is 6.06. The summed E-state index contributed by atoms with van der Waals surface area (Å²) in [5, 5.41) is 0. The third-order valence-corrected chi connectivity index (χ3v) is 2.60. The Balaban J connectivity index is 3.15. The van der Waals surface area contributed by atoms with Crippen LogP contribution >= 0.6 is 0 Å². The molecule has 13 heavy (non-hydrogen) atoms. The molecule has 0 unspecified atom stereocenters. The van der Waals surface area contributed by atoms with Gasteiger partial charge >= 0.3 is 0 Å². The molecule has 1 aromatic rings. The maximum Gasteiger partial charge on any atom is 0.0434 e. The maximum atomic E-state index is 5.41. The van der Waals surface area contributed by atoms with Crippen LogP contribution in [0.2, 0.25) is 0 Å². The largest absolute Gasteiger partial charge is 0.271 e. The molecule has 1 atom stereocenters. The molecule has 0 amide bonds. The summed E-state index contributed by atoms with van der Waals surface area (Å²) in [4.78, 5) is 0. The molecule has 0 radical (unpaired) electrons. The van der Waals surface area contributed by atoms with E-state index in [1.165, 1.54) is 22.3 Å². The van der Waals surface area contributed by atoms with E-state index in [0.29, 0.717) is 0 Å². The van der Waals surface area contributed by atoms with Gasteiger partial charge in [0.15, 0.2) is 0 Å². The molecule has 1 aromatic carbocycles. The molecule has 0 saturated carbocycles. The third kappa shape index (κ3) is 2.08. The van der Waals surface area contributed by atoms with Gasteiger partial charge in [-0.15, -0.1) is 0 Å². The molecule has 0 aromatic heterocycles. The lowest BCUT2D eigenvalue weighted by molar-refractivity contribution is 0.599. The minimum atomic E-state index is 0.222. The van der Waals surface area contributed by atoms with E-state index in [-0.39, 0.29) is 6.04 Å². The molecule has 0 fully saturated rings. The summed E-state index contributed by atoms with van der Waals surface area (Å²) >= 11 is 0. The zero-order valence-corrected chi connectivity index (χ0v) is 8.81. The molecule has 1 rings (SSSR count). The molecular weight excluding hydrogens is 160 g/mol. The molecule has 2 nitrogen and oxygen atoms in total. The van der Waals surface area contributed by atoms with E-state index >= 15 is 0 Å². The maximum absolute atomic E-state index is 5.41. The van der Waals surface area contributed by atoms with E-state index in [0.717, 1.165) is 0 Å². The Labute approximate surface area is 80.1 Å². The highest BCUT2D eigenvalue weighted by Crippen LogP contribution is 2.20. The lowest BCUT2D eigenvalue weighted by Gasteiger charge is -2.15. The van der Waals surface area contributed by atoms with Crippen LogP contribution in [0.1, 0.15) is 35.2 Å². The summed E-state index contributed by atoms with van der Waals surface area (Å²) in [5.41, 5.74) is 8.01. The van der Waals surface area contributed by atoms with Gasteiger partial charge in [0.25, 0.3) is 0 Å². The van der Waals surface area contributed by atoms with Crippen molar-refractivity contribution in [1.29, 1.82) is 0 Å². The molecule has 0 aliphatic rings. The van der Waals surface area contributed by atoms with Gasteiger partial charge < -0.3 is 0 Å². The summed E-state index contributed by atoms with van der Waals surface area (Å²) in [6, 6.07) is 4.63. The number of hydrogen-bond acceptors (Lipinski definition) is 2. The molecule has 0 heterocycles. The van der Waals surface area contributed by atoms with Crippen molar-refractivity contribution in [2.45, 2.75) is 33.7 Å². The Kier molecular flexibility index (Phi) is 3.07. The highest BCUT2D eigenvalue weighted by atomic mass is 15.2. The predicted octanol–water partition coefficient (Wildman–Crippen LogP) is 2.14. The first kappa shape index (κ1) is 10.2. The SMILES string of the molecule is Cc1cc(C)c([C@H](C)NN)cc1C. The fraction of sp³-hybridized carbons (Fsp3) is 0.455. The van der Waals surface area contributed by atoms with Crippen LogP contribution in [0.25, 0.3) is 0 Å². The summed E-state index contributed by atoms with van der Waals surface area (Å²) in [5.74, 6) is 5.41.